The molecule has 0 spiro atoms. The molecule has 1 aliphatic rings. The fourth-order valence-corrected chi connectivity index (χ4v) is 2.82. The maximum atomic E-state index is 12.5. The van der Waals surface area contributed by atoms with Gasteiger partial charge in [0.05, 0.1) is 0 Å². The molecule has 0 bridgehead atoms. The van der Waals surface area contributed by atoms with Crippen molar-refractivity contribution >= 4 is 17.7 Å². The zero-order valence-corrected chi connectivity index (χ0v) is 14.4. The highest BCUT2D eigenvalue weighted by Gasteiger charge is 2.25. The summed E-state index contributed by atoms with van der Waals surface area (Å²) >= 11 is 0. The maximum Gasteiger partial charge on any atom is 0.242 e. The van der Waals surface area contributed by atoms with Crippen molar-refractivity contribution in [2.45, 2.75) is 13.5 Å². The van der Waals surface area contributed by atoms with E-state index < -0.39 is 0 Å². The van der Waals surface area contributed by atoms with Crippen LogP contribution in [-0.4, -0.2) is 54.5 Å². The third kappa shape index (κ3) is 3.64. The molecule has 2 heterocycles. The quantitative estimate of drug-likeness (QED) is 0.856. The van der Waals surface area contributed by atoms with Gasteiger partial charge >= 0.3 is 0 Å². The lowest BCUT2D eigenvalue weighted by Gasteiger charge is -2.34. The van der Waals surface area contributed by atoms with E-state index in [0.717, 1.165) is 12.4 Å². The van der Waals surface area contributed by atoms with E-state index in [9.17, 15) is 4.79 Å². The molecule has 1 saturated heterocycles. The zero-order chi connectivity index (χ0) is 17.1. The molecule has 126 valence electrons. The fourth-order valence-electron chi connectivity index (χ4n) is 2.82. The normalized spacial score (nSPS) is 14.9. The van der Waals surface area contributed by atoms with Crippen LogP contribution in [0.25, 0.3) is 0 Å². The third-order valence-corrected chi connectivity index (χ3v) is 4.14. The Morgan fingerprint density at radius 1 is 1.21 bits per heavy atom. The van der Waals surface area contributed by atoms with E-state index in [0.29, 0.717) is 25.6 Å². The number of carbonyl (C=O) groups is 1. The van der Waals surface area contributed by atoms with Gasteiger partial charge in [-0.25, -0.2) is 4.98 Å². The Hall–Kier alpha value is -2.63. The van der Waals surface area contributed by atoms with Crippen LogP contribution in [0.4, 0.5) is 11.8 Å². The first-order valence-corrected chi connectivity index (χ1v) is 8.11. The topological polar surface area (TPSA) is 52.6 Å². The third-order valence-electron chi connectivity index (χ3n) is 4.14. The van der Waals surface area contributed by atoms with Gasteiger partial charge in [0.2, 0.25) is 11.9 Å². The molecule has 1 fully saturated rings. The second-order valence-corrected chi connectivity index (χ2v) is 6.34. The Bertz CT molecular complexity index is 731. The first kappa shape index (κ1) is 16.2. The number of rotatable bonds is 4. The average Bonchev–Trinajstić information content (AvgIpc) is 2.57. The molecule has 1 aliphatic heterocycles. The van der Waals surface area contributed by atoms with Crippen molar-refractivity contribution in [1.82, 2.24) is 14.9 Å². The van der Waals surface area contributed by atoms with Crippen molar-refractivity contribution in [2.24, 2.45) is 0 Å². The fraction of sp³-hybridized carbons (Fsp3) is 0.389. The molecule has 3 rings (SSSR count). The molecule has 0 N–H and O–H groups in total. The molecule has 0 unspecified atom stereocenters. The molecule has 0 saturated carbocycles. The number of carbonyl (C=O) groups excluding carboxylic acids is 1. The SMILES string of the molecule is Cc1cccc(CN2CCN(c3nccc(N(C)C)n3)CC2=O)c1. The van der Waals surface area contributed by atoms with E-state index in [2.05, 4.69) is 35.1 Å². The van der Waals surface area contributed by atoms with Crippen molar-refractivity contribution in [3.63, 3.8) is 0 Å². The van der Waals surface area contributed by atoms with Gasteiger partial charge in [-0.2, -0.15) is 4.98 Å². The predicted octanol–water partition coefficient (Wildman–Crippen LogP) is 1.70. The van der Waals surface area contributed by atoms with Crippen LogP contribution in [0.3, 0.4) is 0 Å². The summed E-state index contributed by atoms with van der Waals surface area (Å²) in [6.45, 7) is 4.48. The van der Waals surface area contributed by atoms with Crippen LogP contribution in [0.5, 0.6) is 0 Å². The van der Waals surface area contributed by atoms with Gasteiger partial charge in [0, 0.05) is 39.9 Å². The number of hydrogen-bond acceptors (Lipinski definition) is 5. The van der Waals surface area contributed by atoms with Crippen LogP contribution in [0.15, 0.2) is 36.5 Å². The van der Waals surface area contributed by atoms with Crippen LogP contribution in [0, 0.1) is 6.92 Å². The summed E-state index contributed by atoms with van der Waals surface area (Å²) in [6, 6.07) is 10.2. The van der Waals surface area contributed by atoms with E-state index in [1.807, 2.05) is 40.9 Å². The first-order valence-electron chi connectivity index (χ1n) is 8.11. The molecule has 24 heavy (non-hydrogen) atoms. The Kier molecular flexibility index (Phi) is 4.64. The van der Waals surface area contributed by atoms with Crippen LogP contribution in [-0.2, 0) is 11.3 Å². The maximum absolute atomic E-state index is 12.5. The summed E-state index contributed by atoms with van der Waals surface area (Å²) in [7, 11) is 3.88. The zero-order valence-electron chi connectivity index (χ0n) is 14.4. The van der Waals surface area contributed by atoms with E-state index in [-0.39, 0.29) is 5.91 Å². The average molecular weight is 325 g/mol. The van der Waals surface area contributed by atoms with Crippen molar-refractivity contribution in [2.75, 3.05) is 43.5 Å². The van der Waals surface area contributed by atoms with Gasteiger partial charge in [-0.1, -0.05) is 29.8 Å². The number of benzene rings is 1. The predicted molar refractivity (Wildman–Crippen MR) is 95.2 cm³/mol. The lowest BCUT2D eigenvalue weighted by molar-refractivity contribution is -0.131. The molecule has 1 amide bonds. The molecule has 1 aromatic heterocycles. The molecular weight excluding hydrogens is 302 g/mol. The van der Waals surface area contributed by atoms with Gasteiger partial charge in [-0.15, -0.1) is 0 Å². The Morgan fingerprint density at radius 3 is 2.75 bits per heavy atom. The van der Waals surface area contributed by atoms with E-state index in [4.69, 9.17) is 0 Å². The van der Waals surface area contributed by atoms with Gasteiger partial charge in [-0.3, -0.25) is 4.79 Å². The van der Waals surface area contributed by atoms with Crippen LogP contribution >= 0.6 is 0 Å². The second-order valence-electron chi connectivity index (χ2n) is 6.34. The molecule has 1 aromatic carbocycles. The van der Waals surface area contributed by atoms with Gasteiger partial charge in [0.25, 0.3) is 0 Å². The number of hydrogen-bond donors (Lipinski definition) is 0. The number of nitrogens with zero attached hydrogens (tertiary/aromatic N) is 5. The number of aryl methyl sites for hydroxylation is 1. The van der Waals surface area contributed by atoms with E-state index in [1.54, 1.807) is 6.20 Å². The molecule has 0 aliphatic carbocycles. The van der Waals surface area contributed by atoms with Crippen LogP contribution < -0.4 is 9.80 Å². The number of anilines is 2. The van der Waals surface area contributed by atoms with Crippen molar-refractivity contribution in [3.05, 3.63) is 47.7 Å². The summed E-state index contributed by atoms with van der Waals surface area (Å²) in [5.74, 6) is 1.57. The Morgan fingerprint density at radius 2 is 2.04 bits per heavy atom. The van der Waals surface area contributed by atoms with Crippen LogP contribution in [0.1, 0.15) is 11.1 Å². The second kappa shape index (κ2) is 6.86. The van der Waals surface area contributed by atoms with Crippen molar-refractivity contribution in [3.8, 4) is 0 Å². The summed E-state index contributed by atoms with van der Waals surface area (Å²) in [6.07, 6.45) is 1.74. The lowest BCUT2D eigenvalue weighted by atomic mass is 10.1. The number of amides is 1. The molecule has 0 radical (unpaired) electrons. The molecule has 0 atom stereocenters. The van der Waals surface area contributed by atoms with Crippen molar-refractivity contribution < 1.29 is 4.79 Å². The van der Waals surface area contributed by atoms with Gasteiger partial charge in [-0.05, 0) is 18.6 Å². The summed E-state index contributed by atoms with van der Waals surface area (Å²) in [5.41, 5.74) is 2.38. The van der Waals surface area contributed by atoms with E-state index in [1.165, 1.54) is 11.1 Å². The van der Waals surface area contributed by atoms with Gasteiger partial charge in [0.1, 0.15) is 12.4 Å². The van der Waals surface area contributed by atoms with Gasteiger partial charge in [0.15, 0.2) is 0 Å². The highest BCUT2D eigenvalue weighted by Crippen LogP contribution is 2.17. The van der Waals surface area contributed by atoms with E-state index >= 15 is 0 Å². The minimum Gasteiger partial charge on any atom is -0.363 e. The van der Waals surface area contributed by atoms with Crippen LogP contribution in [0.2, 0.25) is 0 Å². The minimum absolute atomic E-state index is 0.113. The molecule has 2 aromatic rings. The van der Waals surface area contributed by atoms with Gasteiger partial charge < -0.3 is 14.7 Å². The standard InChI is InChI=1S/C18H23N5O/c1-14-5-4-6-15(11-14)12-22-9-10-23(13-17(22)24)18-19-8-7-16(20-18)21(2)3/h4-8,11H,9-10,12-13H2,1-3H3. The summed E-state index contributed by atoms with van der Waals surface area (Å²) < 4.78 is 0. The first-order chi connectivity index (χ1) is 11.5. The minimum atomic E-state index is 0.113. The monoisotopic (exact) mass is 325 g/mol. The highest BCUT2D eigenvalue weighted by molar-refractivity contribution is 5.82. The Balaban J connectivity index is 1.67. The molecular formula is C18H23N5O. The summed E-state index contributed by atoms with van der Waals surface area (Å²) in [5, 5.41) is 0. The highest BCUT2D eigenvalue weighted by atomic mass is 16.2. The summed E-state index contributed by atoms with van der Waals surface area (Å²) in [4.78, 5) is 27.1. The Labute approximate surface area is 142 Å². The number of piperazine rings is 1. The largest absolute Gasteiger partial charge is 0.363 e. The molecule has 6 nitrogen and oxygen atoms in total. The van der Waals surface area contributed by atoms with Crippen molar-refractivity contribution in [1.29, 1.82) is 0 Å². The molecule has 6 heteroatoms. The lowest BCUT2D eigenvalue weighted by Crippen LogP contribution is -2.50. The number of aromatic nitrogens is 2. The smallest absolute Gasteiger partial charge is 0.242 e.